The molecule has 0 aliphatic carbocycles. The Morgan fingerprint density at radius 3 is 2.08 bits per heavy atom. The minimum atomic E-state index is -4.01. The van der Waals surface area contributed by atoms with Gasteiger partial charge >= 0.3 is 0 Å². The van der Waals surface area contributed by atoms with E-state index >= 15 is 0 Å². The van der Waals surface area contributed by atoms with Crippen LogP contribution in [0.4, 0.5) is 0 Å². The van der Waals surface area contributed by atoms with Gasteiger partial charge in [-0.3, -0.25) is 9.78 Å². The average molecular weight is 532 g/mol. The zero-order valence-corrected chi connectivity index (χ0v) is 21.5. The maximum Gasteiger partial charge on any atom is 0.211 e. The third kappa shape index (κ3) is 4.06. The van der Waals surface area contributed by atoms with Gasteiger partial charge in [-0.2, -0.15) is 0 Å². The Kier molecular flexibility index (Phi) is 5.85. The van der Waals surface area contributed by atoms with Gasteiger partial charge < -0.3 is 5.11 Å². The number of benzene rings is 2. The molecule has 0 amide bonds. The molecule has 37 heavy (non-hydrogen) atoms. The van der Waals surface area contributed by atoms with Crippen LogP contribution in [0.3, 0.4) is 0 Å². The molecule has 0 atom stereocenters. The lowest BCUT2D eigenvalue weighted by Crippen LogP contribution is -2.02. The lowest BCUT2D eigenvalue weighted by Gasteiger charge is -2.03. The molecular weight excluding hydrogens is 510 g/mol. The molecule has 3 aromatic rings. The second-order valence-corrected chi connectivity index (χ2v) is 12.5. The van der Waals surface area contributed by atoms with Gasteiger partial charge in [0.15, 0.2) is 0 Å². The summed E-state index contributed by atoms with van der Waals surface area (Å²) >= 11 is 0. The number of rotatable bonds is 4. The summed E-state index contributed by atoms with van der Waals surface area (Å²) in [7, 11) is -7.97. The van der Waals surface area contributed by atoms with Crippen molar-refractivity contribution in [2.24, 2.45) is 0 Å². The van der Waals surface area contributed by atoms with Crippen molar-refractivity contribution in [2.45, 2.75) is 23.6 Å². The van der Waals surface area contributed by atoms with Gasteiger partial charge in [-0.25, -0.2) is 16.8 Å². The molecule has 0 bridgehead atoms. The molecule has 0 fully saturated rings. The van der Waals surface area contributed by atoms with Crippen LogP contribution in [0.15, 0.2) is 105 Å². The number of aliphatic hydroxyl groups excluding tert-OH is 1. The minimum Gasteiger partial charge on any atom is -0.506 e. The third-order valence-corrected chi connectivity index (χ3v) is 9.87. The Bertz CT molecular complexity index is 1830. The van der Waals surface area contributed by atoms with E-state index in [0.29, 0.717) is 11.1 Å². The van der Waals surface area contributed by atoms with E-state index in [1.54, 1.807) is 44.2 Å². The van der Waals surface area contributed by atoms with E-state index in [1.165, 1.54) is 54.9 Å². The van der Waals surface area contributed by atoms with Crippen LogP contribution in [0.2, 0.25) is 0 Å². The van der Waals surface area contributed by atoms with E-state index in [1.807, 2.05) is 0 Å². The Labute approximate surface area is 214 Å². The van der Waals surface area contributed by atoms with Gasteiger partial charge in [-0.15, -0.1) is 0 Å². The number of carbonyl (C=O) groups is 1. The summed E-state index contributed by atoms with van der Waals surface area (Å²) in [6.45, 7) is 3.51. The van der Waals surface area contributed by atoms with Crippen LogP contribution in [0.5, 0.6) is 0 Å². The molecule has 0 spiro atoms. The summed E-state index contributed by atoms with van der Waals surface area (Å²) in [5.41, 5.74) is 2.80. The highest BCUT2D eigenvalue weighted by Gasteiger charge is 2.39. The largest absolute Gasteiger partial charge is 0.506 e. The number of pyridine rings is 1. The molecule has 0 radical (unpaired) electrons. The summed E-state index contributed by atoms with van der Waals surface area (Å²) in [4.78, 5) is 16.2. The molecule has 5 rings (SSSR count). The lowest BCUT2D eigenvalue weighted by atomic mass is 10.0. The van der Waals surface area contributed by atoms with Crippen molar-refractivity contribution in [3.8, 4) is 0 Å². The average Bonchev–Trinajstić information content (AvgIpc) is 3.17. The van der Waals surface area contributed by atoms with Gasteiger partial charge in [-0.1, -0.05) is 24.3 Å². The number of allylic oxidation sites excluding steroid dienone is 6. The number of ketones is 1. The first kappa shape index (κ1) is 24.6. The quantitative estimate of drug-likeness (QED) is 0.375. The van der Waals surface area contributed by atoms with Crippen LogP contribution >= 0.6 is 0 Å². The van der Waals surface area contributed by atoms with Gasteiger partial charge in [0.05, 0.1) is 9.79 Å². The van der Waals surface area contributed by atoms with Gasteiger partial charge in [0.25, 0.3) is 0 Å². The number of Topliss-reactive ketones (excluding diaryl/α,β-unsaturated/α-hetero) is 1. The van der Waals surface area contributed by atoms with E-state index in [0.717, 1.165) is 11.1 Å². The van der Waals surface area contributed by atoms with Gasteiger partial charge in [-0.05, 0) is 84.7 Å². The standard InChI is InChI=1S/C28H21NO6S2/c1-17-3-7-21-25(15-17)36(32,33)23(27(21)30)9-5-19(20-11-13-29-14-12-20)6-10-24-28(31)22-8-4-18(2)16-26(22)37(24,34)35/h3-16,30H,1-2H3. The van der Waals surface area contributed by atoms with E-state index in [2.05, 4.69) is 4.98 Å². The Hall–Kier alpha value is -4.08. The van der Waals surface area contributed by atoms with E-state index in [4.69, 9.17) is 0 Å². The molecule has 1 aromatic heterocycles. The number of hydrogen-bond acceptors (Lipinski definition) is 7. The summed E-state index contributed by atoms with van der Waals surface area (Å²) < 4.78 is 52.4. The fourth-order valence-corrected chi connectivity index (χ4v) is 7.57. The molecule has 0 unspecified atom stereocenters. The summed E-state index contributed by atoms with van der Waals surface area (Å²) in [5.74, 6) is -0.966. The smallest absolute Gasteiger partial charge is 0.211 e. The Morgan fingerprint density at radius 2 is 1.43 bits per heavy atom. The fourth-order valence-electron chi connectivity index (χ4n) is 4.30. The first-order valence-corrected chi connectivity index (χ1v) is 14.2. The second kappa shape index (κ2) is 8.79. The number of nitrogens with zero attached hydrogens (tertiary/aromatic N) is 1. The maximum absolute atomic E-state index is 13.1. The van der Waals surface area contributed by atoms with Crippen LogP contribution in [0.1, 0.15) is 32.6 Å². The molecule has 3 heterocycles. The number of hydrogen-bond donors (Lipinski definition) is 1. The van der Waals surface area contributed by atoms with Crippen molar-refractivity contribution < 1.29 is 26.7 Å². The predicted molar refractivity (Wildman–Crippen MR) is 140 cm³/mol. The van der Waals surface area contributed by atoms with E-state index in [-0.39, 0.29) is 36.5 Å². The van der Waals surface area contributed by atoms with Crippen molar-refractivity contribution >= 4 is 36.8 Å². The van der Waals surface area contributed by atoms with Gasteiger partial charge in [0.1, 0.15) is 15.6 Å². The maximum atomic E-state index is 13.1. The molecule has 1 N–H and O–H groups in total. The van der Waals surface area contributed by atoms with Gasteiger partial charge in [0.2, 0.25) is 25.5 Å². The molecule has 9 heteroatoms. The number of aromatic nitrogens is 1. The summed E-state index contributed by atoms with van der Waals surface area (Å²) in [5, 5.41) is 10.7. The minimum absolute atomic E-state index is 0.0249. The molecular formula is C28H21NO6S2. The second-order valence-electron chi connectivity index (χ2n) is 8.77. The Morgan fingerprint density at radius 1 is 0.838 bits per heavy atom. The van der Waals surface area contributed by atoms with Crippen LogP contribution < -0.4 is 0 Å². The number of aryl methyl sites for hydroxylation is 2. The first-order chi connectivity index (χ1) is 17.5. The van der Waals surface area contributed by atoms with Crippen molar-refractivity contribution in [3.63, 3.8) is 0 Å². The lowest BCUT2D eigenvalue weighted by molar-refractivity contribution is 0.104. The fraction of sp³-hybridized carbons (Fsp3) is 0.0714. The number of aliphatic hydroxyl groups is 1. The van der Waals surface area contributed by atoms with Crippen molar-refractivity contribution in [3.05, 3.63) is 123 Å². The van der Waals surface area contributed by atoms with Gasteiger partial charge in [0, 0.05) is 23.5 Å². The molecule has 2 aliphatic rings. The predicted octanol–water partition coefficient (Wildman–Crippen LogP) is 4.91. The first-order valence-electron chi connectivity index (χ1n) is 11.2. The normalized spacial score (nSPS) is 19.0. The zero-order valence-electron chi connectivity index (χ0n) is 19.8. The highest BCUT2D eigenvalue weighted by atomic mass is 32.2. The number of fused-ring (bicyclic) bond motifs is 2. The summed E-state index contributed by atoms with van der Waals surface area (Å²) in [6, 6.07) is 12.7. The molecule has 2 aliphatic heterocycles. The SMILES string of the molecule is Cc1ccc2c(c1)S(=O)(=O)C(=CC=C(C=CC1=C(O)c3ccc(C)cc3S1(=O)=O)c1ccncc1)C2=O. The number of sulfone groups is 2. The van der Waals surface area contributed by atoms with Crippen LogP contribution in [-0.2, 0) is 19.7 Å². The van der Waals surface area contributed by atoms with Crippen LogP contribution in [-0.4, -0.2) is 32.7 Å². The van der Waals surface area contributed by atoms with E-state index in [9.17, 15) is 26.7 Å². The monoisotopic (exact) mass is 531 g/mol. The Balaban J connectivity index is 1.60. The van der Waals surface area contributed by atoms with Crippen LogP contribution in [0.25, 0.3) is 11.3 Å². The van der Waals surface area contributed by atoms with E-state index < -0.39 is 25.5 Å². The molecule has 7 nitrogen and oxygen atoms in total. The molecule has 0 saturated carbocycles. The number of carbonyl (C=O) groups excluding carboxylic acids is 1. The van der Waals surface area contributed by atoms with Crippen molar-refractivity contribution in [1.29, 1.82) is 0 Å². The topological polar surface area (TPSA) is 118 Å². The zero-order chi connectivity index (χ0) is 26.5. The molecule has 186 valence electrons. The third-order valence-electron chi connectivity index (χ3n) is 6.23. The van der Waals surface area contributed by atoms with Crippen molar-refractivity contribution in [1.82, 2.24) is 4.98 Å². The molecule has 2 aromatic carbocycles. The summed E-state index contributed by atoms with van der Waals surface area (Å²) in [6.07, 6.45) is 8.45. The molecule has 0 saturated heterocycles. The highest BCUT2D eigenvalue weighted by molar-refractivity contribution is 7.97. The highest BCUT2D eigenvalue weighted by Crippen LogP contribution is 2.39. The van der Waals surface area contributed by atoms with Crippen LogP contribution in [0, 0.1) is 13.8 Å². The van der Waals surface area contributed by atoms with Crippen molar-refractivity contribution in [2.75, 3.05) is 0 Å².